The summed E-state index contributed by atoms with van der Waals surface area (Å²) in [7, 11) is 1.51. The van der Waals surface area contributed by atoms with E-state index in [1.54, 1.807) is 18.2 Å². The van der Waals surface area contributed by atoms with Crippen molar-refractivity contribution in [2.45, 2.75) is 38.6 Å². The van der Waals surface area contributed by atoms with Gasteiger partial charge in [-0.2, -0.15) is 0 Å². The smallest absolute Gasteiger partial charge is 0.407 e. The van der Waals surface area contributed by atoms with Gasteiger partial charge in [-0.3, -0.25) is 0 Å². The molecule has 2 rings (SSSR count). The summed E-state index contributed by atoms with van der Waals surface area (Å²) >= 11 is 12.2. The summed E-state index contributed by atoms with van der Waals surface area (Å²) in [4.78, 5) is 13.1. The van der Waals surface area contributed by atoms with Crippen LogP contribution in [0.25, 0.3) is 0 Å². The second-order valence-electron chi connectivity index (χ2n) is 7.68. The van der Waals surface area contributed by atoms with E-state index in [1.807, 2.05) is 20.8 Å². The van der Waals surface area contributed by atoms with Crippen molar-refractivity contribution in [1.82, 2.24) is 4.90 Å². The maximum absolute atomic E-state index is 11.8. The molecule has 1 amide bonds. The molecule has 0 radical (unpaired) electrons. The number of hydrogen-bond donors (Lipinski definition) is 2. The van der Waals surface area contributed by atoms with Crippen LogP contribution in [-0.4, -0.2) is 54.5 Å². The van der Waals surface area contributed by atoms with Gasteiger partial charge in [0.25, 0.3) is 0 Å². The van der Waals surface area contributed by atoms with E-state index >= 15 is 0 Å². The first-order valence-electron chi connectivity index (χ1n) is 8.37. The predicted octanol–water partition coefficient (Wildman–Crippen LogP) is 3.80. The SMILES string of the molecule is COC1(CN)CN(C(=O)O)CC(C(C)(C)C)OC1c1ccc(Cl)c(Cl)c1. The van der Waals surface area contributed by atoms with Crippen molar-refractivity contribution < 1.29 is 19.4 Å². The molecule has 1 heterocycles. The fourth-order valence-corrected chi connectivity index (χ4v) is 3.42. The van der Waals surface area contributed by atoms with Crippen molar-refractivity contribution in [2.75, 3.05) is 26.7 Å². The highest BCUT2D eigenvalue weighted by atomic mass is 35.5. The molecule has 3 atom stereocenters. The molecule has 0 aromatic heterocycles. The molecule has 0 aliphatic carbocycles. The van der Waals surface area contributed by atoms with Crippen LogP contribution in [0.5, 0.6) is 0 Å². The summed E-state index contributed by atoms with van der Waals surface area (Å²) in [5.74, 6) is 0. The Hall–Kier alpha value is -1.05. The molecule has 3 unspecified atom stereocenters. The number of halogens is 2. The lowest BCUT2D eigenvalue weighted by molar-refractivity contribution is -0.151. The monoisotopic (exact) mass is 404 g/mol. The number of hydrogen-bond acceptors (Lipinski definition) is 4. The maximum atomic E-state index is 11.8. The van der Waals surface area contributed by atoms with Gasteiger partial charge in [-0.25, -0.2) is 4.79 Å². The zero-order valence-electron chi connectivity index (χ0n) is 15.5. The largest absolute Gasteiger partial charge is 0.465 e. The van der Waals surface area contributed by atoms with Crippen molar-refractivity contribution >= 4 is 29.3 Å². The maximum Gasteiger partial charge on any atom is 0.407 e. The highest BCUT2D eigenvalue weighted by molar-refractivity contribution is 6.42. The van der Waals surface area contributed by atoms with Gasteiger partial charge in [-0.05, 0) is 23.1 Å². The van der Waals surface area contributed by atoms with Crippen LogP contribution >= 0.6 is 23.2 Å². The van der Waals surface area contributed by atoms with Crippen molar-refractivity contribution in [2.24, 2.45) is 11.1 Å². The van der Waals surface area contributed by atoms with Gasteiger partial charge in [0.1, 0.15) is 11.7 Å². The van der Waals surface area contributed by atoms with Gasteiger partial charge in [-0.15, -0.1) is 0 Å². The van der Waals surface area contributed by atoms with Gasteiger partial charge in [0.05, 0.1) is 29.2 Å². The van der Waals surface area contributed by atoms with E-state index in [0.717, 1.165) is 5.56 Å². The first-order valence-corrected chi connectivity index (χ1v) is 9.13. The van der Waals surface area contributed by atoms with E-state index in [4.69, 9.17) is 38.4 Å². The Morgan fingerprint density at radius 3 is 2.54 bits per heavy atom. The molecule has 1 aliphatic heterocycles. The average Bonchev–Trinajstić information content (AvgIpc) is 2.75. The van der Waals surface area contributed by atoms with Crippen molar-refractivity contribution in [3.63, 3.8) is 0 Å². The number of methoxy groups -OCH3 is 1. The fraction of sp³-hybridized carbons (Fsp3) is 0.611. The molecule has 6 nitrogen and oxygen atoms in total. The highest BCUT2D eigenvalue weighted by Gasteiger charge is 2.48. The van der Waals surface area contributed by atoms with E-state index in [2.05, 4.69) is 0 Å². The van der Waals surface area contributed by atoms with Gasteiger partial charge in [0.15, 0.2) is 0 Å². The first kappa shape index (κ1) is 21.3. The molecule has 0 bridgehead atoms. The molecule has 0 spiro atoms. The summed E-state index contributed by atoms with van der Waals surface area (Å²) in [6, 6.07) is 5.21. The van der Waals surface area contributed by atoms with Crippen LogP contribution in [0.15, 0.2) is 18.2 Å². The lowest BCUT2D eigenvalue weighted by atomic mass is 9.88. The lowest BCUT2D eigenvalue weighted by Gasteiger charge is -2.39. The third-order valence-corrected chi connectivity index (χ3v) is 5.60. The molecule has 1 saturated heterocycles. The number of benzene rings is 1. The van der Waals surface area contributed by atoms with E-state index in [9.17, 15) is 9.90 Å². The van der Waals surface area contributed by atoms with E-state index in [-0.39, 0.29) is 31.2 Å². The topological polar surface area (TPSA) is 85.0 Å². The van der Waals surface area contributed by atoms with Gasteiger partial charge in [-0.1, -0.05) is 50.0 Å². The number of ether oxygens (including phenoxy) is 2. The molecule has 1 aromatic rings. The van der Waals surface area contributed by atoms with Gasteiger partial charge < -0.3 is 25.2 Å². The van der Waals surface area contributed by atoms with Crippen LogP contribution in [0.3, 0.4) is 0 Å². The standard InChI is InChI=1S/C18H26Cl2N2O4/c1-17(2,3)14-8-22(16(23)24)10-18(9-21,25-4)15(26-14)11-5-6-12(19)13(20)7-11/h5-7,14-15H,8-10,21H2,1-4H3,(H,23,24). The zero-order chi connectivity index (χ0) is 19.7. The van der Waals surface area contributed by atoms with Crippen LogP contribution in [0.1, 0.15) is 32.4 Å². The van der Waals surface area contributed by atoms with E-state index < -0.39 is 17.8 Å². The number of carbonyl (C=O) groups is 1. The summed E-state index contributed by atoms with van der Waals surface area (Å²) in [5, 5.41) is 10.5. The number of nitrogens with two attached hydrogens (primary N) is 1. The molecule has 26 heavy (non-hydrogen) atoms. The summed E-state index contributed by atoms with van der Waals surface area (Å²) in [6.07, 6.45) is -1.99. The van der Waals surface area contributed by atoms with Crippen molar-refractivity contribution in [3.05, 3.63) is 33.8 Å². The molecular formula is C18H26Cl2N2O4. The predicted molar refractivity (Wildman–Crippen MR) is 102 cm³/mol. The molecule has 1 fully saturated rings. The minimum absolute atomic E-state index is 0.0784. The molecular weight excluding hydrogens is 379 g/mol. The Balaban J connectivity index is 2.58. The normalized spacial score (nSPS) is 27.3. The second kappa shape index (κ2) is 7.90. The second-order valence-corrected chi connectivity index (χ2v) is 8.49. The van der Waals surface area contributed by atoms with Gasteiger partial charge in [0, 0.05) is 13.7 Å². The van der Waals surface area contributed by atoms with Crippen LogP contribution < -0.4 is 5.73 Å². The third-order valence-electron chi connectivity index (χ3n) is 4.86. The number of nitrogens with zero attached hydrogens (tertiary/aromatic N) is 1. The summed E-state index contributed by atoms with van der Waals surface area (Å²) in [6.45, 7) is 6.41. The Morgan fingerprint density at radius 1 is 1.42 bits per heavy atom. The van der Waals surface area contributed by atoms with Gasteiger partial charge >= 0.3 is 6.09 Å². The fourth-order valence-electron chi connectivity index (χ4n) is 3.11. The minimum Gasteiger partial charge on any atom is -0.465 e. The molecule has 1 aromatic carbocycles. The Bertz CT molecular complexity index is 659. The molecule has 0 saturated carbocycles. The van der Waals surface area contributed by atoms with Crippen LogP contribution in [0.4, 0.5) is 4.79 Å². The molecule has 1 aliphatic rings. The van der Waals surface area contributed by atoms with Crippen LogP contribution in [-0.2, 0) is 9.47 Å². The summed E-state index contributed by atoms with van der Waals surface area (Å²) in [5.41, 5.74) is 5.45. The first-order chi connectivity index (χ1) is 12.0. The van der Waals surface area contributed by atoms with Crippen molar-refractivity contribution in [3.8, 4) is 0 Å². The number of rotatable bonds is 3. The third kappa shape index (κ3) is 4.26. The van der Waals surface area contributed by atoms with E-state index in [1.165, 1.54) is 12.0 Å². The average molecular weight is 405 g/mol. The Morgan fingerprint density at radius 2 is 2.08 bits per heavy atom. The lowest BCUT2D eigenvalue weighted by Crippen LogP contribution is -2.53. The number of amides is 1. The Labute approximate surface area is 164 Å². The van der Waals surface area contributed by atoms with E-state index in [0.29, 0.717) is 10.0 Å². The summed E-state index contributed by atoms with van der Waals surface area (Å²) < 4.78 is 12.2. The van der Waals surface area contributed by atoms with Crippen molar-refractivity contribution in [1.29, 1.82) is 0 Å². The Kier molecular flexibility index (Phi) is 6.46. The minimum atomic E-state index is -1.05. The molecule has 8 heteroatoms. The number of carboxylic acid groups (broad SMARTS) is 1. The molecule has 3 N–H and O–H groups in total. The van der Waals surface area contributed by atoms with Crippen LogP contribution in [0.2, 0.25) is 10.0 Å². The quantitative estimate of drug-likeness (QED) is 0.799. The van der Waals surface area contributed by atoms with Crippen LogP contribution in [0, 0.1) is 5.41 Å². The van der Waals surface area contributed by atoms with Gasteiger partial charge in [0.2, 0.25) is 0 Å². The highest BCUT2D eigenvalue weighted by Crippen LogP contribution is 2.41. The molecule has 146 valence electrons. The zero-order valence-corrected chi connectivity index (χ0v) is 17.0.